The number of methoxy groups -OCH3 is 1. The zero-order valence-corrected chi connectivity index (χ0v) is 24.5. The number of unbranched alkanes of at least 4 members (excludes halogenated alkanes) is 1. The van der Waals surface area contributed by atoms with Crippen molar-refractivity contribution >= 4 is 27.5 Å². The molecule has 0 aliphatic heterocycles. The highest BCUT2D eigenvalue weighted by atomic mass is 32.2. The molecule has 1 N–H and O–H groups in total. The average Bonchev–Trinajstić information content (AvgIpc) is 2.94. The van der Waals surface area contributed by atoms with Crippen LogP contribution in [0.5, 0.6) is 5.75 Å². The van der Waals surface area contributed by atoms with Gasteiger partial charge in [-0.3, -0.25) is 13.9 Å². The third-order valence-corrected chi connectivity index (χ3v) is 7.75. The predicted octanol–water partition coefficient (Wildman–Crippen LogP) is 4.33. The Hall–Kier alpha value is -3.85. The lowest BCUT2D eigenvalue weighted by Crippen LogP contribution is -2.53. The van der Waals surface area contributed by atoms with Crippen LogP contribution in [0.3, 0.4) is 0 Å². The summed E-state index contributed by atoms with van der Waals surface area (Å²) in [6.45, 7) is 4.21. The number of carbonyl (C=O) groups is 2. The Labute approximate surface area is 238 Å². The number of aryl methyl sites for hydroxylation is 1. The number of hydrogen-bond donors (Lipinski definition) is 1. The summed E-state index contributed by atoms with van der Waals surface area (Å²) in [5.41, 5.74) is 3.14. The first-order chi connectivity index (χ1) is 19.1. The van der Waals surface area contributed by atoms with Crippen molar-refractivity contribution < 1.29 is 22.7 Å². The Morgan fingerprint density at radius 1 is 0.925 bits per heavy atom. The van der Waals surface area contributed by atoms with E-state index in [1.807, 2.05) is 68.4 Å². The summed E-state index contributed by atoms with van der Waals surface area (Å²) >= 11 is 0. The van der Waals surface area contributed by atoms with Crippen LogP contribution in [0.15, 0.2) is 78.9 Å². The lowest BCUT2D eigenvalue weighted by Gasteiger charge is -2.33. The molecule has 9 heteroatoms. The number of nitrogens with zero attached hydrogens (tertiary/aromatic N) is 2. The Morgan fingerprint density at radius 3 is 2.15 bits per heavy atom. The molecule has 0 spiro atoms. The number of hydrogen-bond acceptors (Lipinski definition) is 5. The largest absolute Gasteiger partial charge is 0.497 e. The van der Waals surface area contributed by atoms with Crippen LogP contribution >= 0.6 is 0 Å². The molecule has 0 aliphatic carbocycles. The van der Waals surface area contributed by atoms with Gasteiger partial charge in [0.05, 0.1) is 19.1 Å². The molecular weight excluding hydrogens is 526 g/mol. The quantitative estimate of drug-likeness (QED) is 0.294. The van der Waals surface area contributed by atoms with Gasteiger partial charge in [-0.05, 0) is 48.7 Å². The van der Waals surface area contributed by atoms with Gasteiger partial charge in [0.15, 0.2) is 0 Å². The van der Waals surface area contributed by atoms with Crippen LogP contribution in [0.2, 0.25) is 0 Å². The van der Waals surface area contributed by atoms with Gasteiger partial charge in [0.1, 0.15) is 18.3 Å². The Balaban J connectivity index is 2.01. The number of anilines is 1. The summed E-state index contributed by atoms with van der Waals surface area (Å²) in [5, 5.41) is 2.98. The first kappa shape index (κ1) is 30.7. The predicted molar refractivity (Wildman–Crippen MR) is 159 cm³/mol. The van der Waals surface area contributed by atoms with Gasteiger partial charge in [0, 0.05) is 19.5 Å². The van der Waals surface area contributed by atoms with Gasteiger partial charge >= 0.3 is 0 Å². The molecule has 0 radical (unpaired) electrons. The van der Waals surface area contributed by atoms with Crippen LogP contribution in [-0.2, 0) is 32.6 Å². The zero-order chi connectivity index (χ0) is 29.1. The van der Waals surface area contributed by atoms with Crippen molar-refractivity contribution in [3.05, 3.63) is 95.6 Å². The second kappa shape index (κ2) is 14.5. The molecule has 0 saturated heterocycles. The van der Waals surface area contributed by atoms with Crippen LogP contribution in [-0.4, -0.2) is 57.6 Å². The molecule has 2 amide bonds. The molecule has 8 nitrogen and oxygen atoms in total. The normalized spacial score (nSPS) is 11.9. The molecule has 0 bridgehead atoms. The average molecular weight is 566 g/mol. The van der Waals surface area contributed by atoms with E-state index in [-0.39, 0.29) is 18.9 Å². The Bertz CT molecular complexity index is 1340. The summed E-state index contributed by atoms with van der Waals surface area (Å²) in [6.07, 6.45) is 3.08. The van der Waals surface area contributed by atoms with Crippen LogP contribution < -0.4 is 14.4 Å². The number of ether oxygens (including phenoxy) is 1. The molecule has 40 heavy (non-hydrogen) atoms. The van der Waals surface area contributed by atoms with Crippen molar-refractivity contribution in [3.63, 3.8) is 0 Å². The molecule has 3 aromatic rings. The second-order valence-corrected chi connectivity index (χ2v) is 11.7. The summed E-state index contributed by atoms with van der Waals surface area (Å²) in [7, 11) is -2.30. The molecule has 3 aromatic carbocycles. The molecular formula is C31H39N3O5S. The van der Waals surface area contributed by atoms with E-state index < -0.39 is 28.5 Å². The van der Waals surface area contributed by atoms with Crippen molar-refractivity contribution in [2.75, 3.05) is 30.8 Å². The number of benzene rings is 3. The molecule has 0 aromatic heterocycles. The number of carbonyl (C=O) groups excluding carboxylic acids is 2. The molecule has 0 fully saturated rings. The zero-order valence-electron chi connectivity index (χ0n) is 23.7. The molecule has 0 saturated carbocycles. The minimum atomic E-state index is -3.82. The first-order valence-corrected chi connectivity index (χ1v) is 15.3. The third kappa shape index (κ3) is 8.84. The van der Waals surface area contributed by atoms with Gasteiger partial charge < -0.3 is 15.0 Å². The number of amides is 2. The summed E-state index contributed by atoms with van der Waals surface area (Å²) < 4.78 is 32.0. The minimum absolute atomic E-state index is 0.151. The van der Waals surface area contributed by atoms with Crippen molar-refractivity contribution in [2.24, 2.45) is 0 Å². The van der Waals surface area contributed by atoms with Crippen LogP contribution in [0.1, 0.15) is 36.5 Å². The van der Waals surface area contributed by atoms with E-state index >= 15 is 0 Å². The minimum Gasteiger partial charge on any atom is -0.497 e. The fourth-order valence-electron chi connectivity index (χ4n) is 4.31. The Kier molecular flexibility index (Phi) is 11.1. The van der Waals surface area contributed by atoms with Crippen LogP contribution in [0, 0.1) is 6.92 Å². The maximum absolute atomic E-state index is 14.0. The van der Waals surface area contributed by atoms with Gasteiger partial charge in [-0.1, -0.05) is 73.5 Å². The maximum Gasteiger partial charge on any atom is 0.244 e. The van der Waals surface area contributed by atoms with Gasteiger partial charge in [-0.25, -0.2) is 8.42 Å². The van der Waals surface area contributed by atoms with Gasteiger partial charge in [-0.2, -0.15) is 0 Å². The lowest BCUT2D eigenvalue weighted by atomic mass is 10.0. The van der Waals surface area contributed by atoms with E-state index in [0.717, 1.165) is 40.1 Å². The summed E-state index contributed by atoms with van der Waals surface area (Å²) in [4.78, 5) is 29.1. The lowest BCUT2D eigenvalue weighted by molar-refractivity contribution is -0.140. The highest BCUT2D eigenvalue weighted by Gasteiger charge is 2.33. The van der Waals surface area contributed by atoms with Crippen molar-refractivity contribution in [1.29, 1.82) is 0 Å². The van der Waals surface area contributed by atoms with Gasteiger partial charge in [0.2, 0.25) is 21.8 Å². The smallest absolute Gasteiger partial charge is 0.244 e. The van der Waals surface area contributed by atoms with E-state index in [2.05, 4.69) is 5.32 Å². The molecule has 0 heterocycles. The van der Waals surface area contributed by atoms with Crippen LogP contribution in [0.25, 0.3) is 0 Å². The van der Waals surface area contributed by atoms with Crippen molar-refractivity contribution in [2.45, 2.75) is 45.7 Å². The van der Waals surface area contributed by atoms with Crippen molar-refractivity contribution in [3.8, 4) is 5.75 Å². The van der Waals surface area contributed by atoms with Crippen molar-refractivity contribution in [1.82, 2.24) is 10.2 Å². The fourth-order valence-corrected chi connectivity index (χ4v) is 5.16. The highest BCUT2D eigenvalue weighted by molar-refractivity contribution is 7.92. The molecule has 0 unspecified atom stereocenters. The highest BCUT2D eigenvalue weighted by Crippen LogP contribution is 2.23. The van der Waals surface area contributed by atoms with Crippen LogP contribution in [0.4, 0.5) is 5.69 Å². The number of sulfonamides is 1. The summed E-state index contributed by atoms with van der Waals surface area (Å²) in [5.74, 6) is -0.183. The van der Waals surface area contributed by atoms with E-state index in [9.17, 15) is 18.0 Å². The molecule has 3 rings (SSSR count). The molecule has 1 atom stereocenters. The monoisotopic (exact) mass is 565 g/mol. The van der Waals surface area contributed by atoms with Gasteiger partial charge in [0.25, 0.3) is 0 Å². The van der Waals surface area contributed by atoms with Gasteiger partial charge in [-0.15, -0.1) is 0 Å². The first-order valence-electron chi connectivity index (χ1n) is 13.4. The van der Waals surface area contributed by atoms with E-state index in [0.29, 0.717) is 18.0 Å². The van der Waals surface area contributed by atoms with E-state index in [4.69, 9.17) is 4.74 Å². The molecule has 214 valence electrons. The fraction of sp³-hybridized carbons (Fsp3) is 0.355. The van der Waals surface area contributed by atoms with E-state index in [1.165, 1.54) is 12.0 Å². The number of nitrogens with one attached hydrogen (secondary N) is 1. The van der Waals surface area contributed by atoms with E-state index in [1.54, 1.807) is 24.3 Å². The summed E-state index contributed by atoms with van der Waals surface area (Å²) in [6, 6.07) is 22.9. The third-order valence-electron chi connectivity index (χ3n) is 6.61. The maximum atomic E-state index is 14.0. The second-order valence-electron chi connectivity index (χ2n) is 9.82. The number of rotatable bonds is 14. The topological polar surface area (TPSA) is 96.0 Å². The standard InChI is InChI=1S/C31H39N3O5S/c1-5-6-20-32-31(36)29(21-25-10-8-7-9-11-25)33(22-26-14-12-24(2)13-15-26)30(35)23-34(40(4,37)38)27-16-18-28(39-3)19-17-27/h7-19,29H,5-6,20-23H2,1-4H3,(H,32,36)/t29-/m0/s1. The SMILES string of the molecule is CCCCNC(=O)[C@H](Cc1ccccc1)N(Cc1ccc(C)cc1)C(=O)CN(c1ccc(OC)cc1)S(C)(=O)=O. The Morgan fingerprint density at radius 2 is 1.57 bits per heavy atom. The molecule has 0 aliphatic rings.